The van der Waals surface area contributed by atoms with E-state index in [4.69, 9.17) is 0 Å². The Hall–Kier alpha value is -0.740. The second-order valence-electron chi connectivity index (χ2n) is 6.14. The fourth-order valence-electron chi connectivity index (χ4n) is 1.72. The molecule has 0 aromatic rings. The number of carbonyl (C=O) groups excluding carboxylic acids is 2. The molecule has 0 radical (unpaired) electrons. The van der Waals surface area contributed by atoms with E-state index in [0.29, 0.717) is 6.42 Å². The van der Waals surface area contributed by atoms with Crippen LogP contribution < -0.4 is 10.6 Å². The maximum atomic E-state index is 11.6. The Kier molecular flexibility index (Phi) is 7.45. The predicted octanol–water partition coefficient (Wildman–Crippen LogP) is 2.07. The Balaban J connectivity index is 3.78. The van der Waals surface area contributed by atoms with Crippen LogP contribution in [-0.4, -0.2) is 35.7 Å². The molecule has 0 aliphatic rings. The Morgan fingerprint density at radius 1 is 0.895 bits per heavy atom. The summed E-state index contributed by atoms with van der Waals surface area (Å²) in [5.74, 6) is 0.392. The van der Waals surface area contributed by atoms with E-state index >= 15 is 0 Å². The fraction of sp³-hybridized carbons (Fsp3) is 0.867. The zero-order valence-corrected chi connectivity index (χ0v) is 13.4. The van der Waals surface area contributed by atoms with Crippen molar-refractivity contribution in [3.63, 3.8) is 0 Å². The summed E-state index contributed by atoms with van der Waals surface area (Å²) in [7, 11) is 0. The molecule has 2 N–H and O–H groups in total. The van der Waals surface area contributed by atoms with Crippen LogP contribution in [0.1, 0.15) is 60.8 Å². The highest BCUT2D eigenvalue weighted by Gasteiger charge is 2.24. The van der Waals surface area contributed by atoms with Gasteiger partial charge in [0, 0.05) is 6.42 Å². The highest BCUT2D eigenvalue weighted by molar-refractivity contribution is 5.87. The van der Waals surface area contributed by atoms with E-state index in [-0.39, 0.29) is 11.6 Å². The lowest BCUT2D eigenvalue weighted by Gasteiger charge is -2.25. The molecule has 19 heavy (non-hydrogen) atoms. The number of ketones is 2. The molecule has 0 aliphatic heterocycles. The van der Waals surface area contributed by atoms with E-state index in [2.05, 4.69) is 10.6 Å². The minimum Gasteiger partial charge on any atom is -0.305 e. The lowest BCUT2D eigenvalue weighted by molar-refractivity contribution is -0.124. The van der Waals surface area contributed by atoms with Crippen molar-refractivity contribution in [2.75, 3.05) is 13.1 Å². The van der Waals surface area contributed by atoms with Crippen molar-refractivity contribution in [1.82, 2.24) is 10.6 Å². The van der Waals surface area contributed by atoms with E-state index in [0.717, 1.165) is 25.9 Å². The largest absolute Gasteiger partial charge is 0.305 e. The van der Waals surface area contributed by atoms with Crippen LogP contribution in [0.15, 0.2) is 0 Å². The summed E-state index contributed by atoms with van der Waals surface area (Å²) in [6.07, 6.45) is 2.54. The molecular formula is C15H30N2O2. The molecule has 112 valence electrons. The van der Waals surface area contributed by atoms with Gasteiger partial charge in [0.2, 0.25) is 0 Å². The van der Waals surface area contributed by atoms with Crippen LogP contribution in [0.25, 0.3) is 0 Å². The van der Waals surface area contributed by atoms with E-state index < -0.39 is 11.1 Å². The number of Topliss-reactive ketones (excluding diaryl/α,β-unsaturated/α-hetero) is 2. The normalized spacial score (nSPS) is 12.5. The van der Waals surface area contributed by atoms with Crippen LogP contribution in [0.4, 0.5) is 0 Å². The highest BCUT2D eigenvalue weighted by Crippen LogP contribution is 2.07. The molecular weight excluding hydrogens is 240 g/mol. The number of unbranched alkanes of at least 4 members (excludes halogenated alkanes) is 1. The molecule has 0 aromatic carbocycles. The quantitative estimate of drug-likeness (QED) is 0.597. The van der Waals surface area contributed by atoms with Crippen molar-refractivity contribution in [2.45, 2.75) is 71.9 Å². The van der Waals surface area contributed by atoms with Gasteiger partial charge in [-0.1, -0.05) is 6.92 Å². The third-order valence-corrected chi connectivity index (χ3v) is 3.64. The van der Waals surface area contributed by atoms with Gasteiger partial charge in [-0.3, -0.25) is 9.59 Å². The van der Waals surface area contributed by atoms with Crippen LogP contribution in [0.3, 0.4) is 0 Å². The Morgan fingerprint density at radius 3 is 1.68 bits per heavy atom. The summed E-state index contributed by atoms with van der Waals surface area (Å²) in [5.41, 5.74) is -0.869. The molecule has 0 bridgehead atoms. The molecule has 0 saturated heterocycles. The smallest absolute Gasteiger partial charge is 0.152 e. The monoisotopic (exact) mass is 270 g/mol. The lowest BCUT2D eigenvalue weighted by Crippen LogP contribution is -2.47. The number of carbonyl (C=O) groups is 2. The maximum Gasteiger partial charge on any atom is 0.152 e. The second-order valence-corrected chi connectivity index (χ2v) is 6.14. The molecule has 0 saturated carbocycles. The lowest BCUT2D eigenvalue weighted by atomic mass is 9.97. The zero-order valence-electron chi connectivity index (χ0n) is 13.4. The summed E-state index contributed by atoms with van der Waals surface area (Å²) in [6, 6.07) is 0. The van der Waals surface area contributed by atoms with Gasteiger partial charge < -0.3 is 10.6 Å². The maximum absolute atomic E-state index is 11.6. The first-order valence-corrected chi connectivity index (χ1v) is 7.18. The molecule has 4 nitrogen and oxygen atoms in total. The van der Waals surface area contributed by atoms with Gasteiger partial charge in [-0.15, -0.1) is 0 Å². The van der Waals surface area contributed by atoms with Crippen molar-refractivity contribution in [3.8, 4) is 0 Å². The Morgan fingerprint density at radius 2 is 1.32 bits per heavy atom. The first kappa shape index (κ1) is 18.3. The van der Waals surface area contributed by atoms with Crippen LogP contribution >= 0.6 is 0 Å². The van der Waals surface area contributed by atoms with Gasteiger partial charge in [0.05, 0.1) is 11.1 Å². The van der Waals surface area contributed by atoms with Crippen molar-refractivity contribution in [3.05, 3.63) is 0 Å². The van der Waals surface area contributed by atoms with Gasteiger partial charge in [0.15, 0.2) is 5.78 Å². The number of nitrogens with one attached hydrogen (secondary N) is 2. The van der Waals surface area contributed by atoms with Gasteiger partial charge in [0.25, 0.3) is 0 Å². The SMILES string of the molecule is CCC(=O)C(C)(C)NCCCCNC(C)(C)C(C)=O. The summed E-state index contributed by atoms with van der Waals surface area (Å²) in [4.78, 5) is 23.0. The average Bonchev–Trinajstić information content (AvgIpc) is 2.32. The van der Waals surface area contributed by atoms with Gasteiger partial charge in [0.1, 0.15) is 5.78 Å². The van der Waals surface area contributed by atoms with Crippen molar-refractivity contribution >= 4 is 11.6 Å². The highest BCUT2D eigenvalue weighted by atomic mass is 16.1. The number of hydrogen-bond acceptors (Lipinski definition) is 4. The standard InChI is InChI=1S/C15H30N2O2/c1-7-13(19)15(5,6)17-11-9-8-10-16-14(3,4)12(2)18/h16-17H,7-11H2,1-6H3. The number of rotatable bonds is 10. The molecule has 0 unspecified atom stereocenters. The van der Waals surface area contributed by atoms with Crippen LogP contribution in [0, 0.1) is 0 Å². The van der Waals surface area contributed by atoms with E-state index in [1.54, 1.807) is 6.92 Å². The Bertz CT molecular complexity index is 309. The summed E-state index contributed by atoms with van der Waals surface area (Å²) < 4.78 is 0. The molecule has 0 spiro atoms. The van der Waals surface area contributed by atoms with Gasteiger partial charge in [-0.25, -0.2) is 0 Å². The van der Waals surface area contributed by atoms with Crippen LogP contribution in [-0.2, 0) is 9.59 Å². The molecule has 0 heterocycles. The molecule has 4 heteroatoms. The minimum atomic E-state index is -0.440. The van der Waals surface area contributed by atoms with Gasteiger partial charge in [-0.05, 0) is 60.5 Å². The third-order valence-electron chi connectivity index (χ3n) is 3.64. The third kappa shape index (κ3) is 6.83. The van der Waals surface area contributed by atoms with E-state index in [9.17, 15) is 9.59 Å². The molecule has 0 aromatic heterocycles. The summed E-state index contributed by atoms with van der Waals surface area (Å²) in [5, 5.41) is 6.53. The molecule has 0 amide bonds. The minimum absolute atomic E-state index is 0.153. The van der Waals surface area contributed by atoms with Crippen LogP contribution in [0.2, 0.25) is 0 Å². The van der Waals surface area contributed by atoms with E-state index in [1.807, 2.05) is 34.6 Å². The number of hydrogen-bond donors (Lipinski definition) is 2. The van der Waals surface area contributed by atoms with Gasteiger partial charge in [-0.2, -0.15) is 0 Å². The molecule has 0 fully saturated rings. The summed E-state index contributed by atoms with van der Waals surface area (Å²) >= 11 is 0. The second kappa shape index (κ2) is 7.75. The van der Waals surface area contributed by atoms with Crippen molar-refractivity contribution in [2.24, 2.45) is 0 Å². The molecule has 0 aliphatic carbocycles. The molecule has 0 atom stereocenters. The first-order chi connectivity index (χ1) is 8.63. The van der Waals surface area contributed by atoms with Crippen LogP contribution in [0.5, 0.6) is 0 Å². The summed E-state index contributed by atoms with van der Waals surface area (Å²) in [6.45, 7) is 12.8. The van der Waals surface area contributed by atoms with E-state index in [1.165, 1.54) is 0 Å². The fourth-order valence-corrected chi connectivity index (χ4v) is 1.72. The first-order valence-electron chi connectivity index (χ1n) is 7.18. The predicted molar refractivity (Wildman–Crippen MR) is 79.4 cm³/mol. The topological polar surface area (TPSA) is 58.2 Å². The molecule has 0 rings (SSSR count). The van der Waals surface area contributed by atoms with Crippen molar-refractivity contribution in [1.29, 1.82) is 0 Å². The Labute approximate surface area is 117 Å². The zero-order chi connectivity index (χ0) is 15.1. The van der Waals surface area contributed by atoms with Gasteiger partial charge >= 0.3 is 0 Å². The van der Waals surface area contributed by atoms with Crippen molar-refractivity contribution < 1.29 is 9.59 Å². The average molecular weight is 270 g/mol.